The van der Waals surface area contributed by atoms with E-state index in [2.05, 4.69) is 53.4 Å². The SMILES string of the molecule is C1=Cc2cc3ccc(cc4nc(cc5ccc(cc1n2)[nH]5)C=C4)[nH]3.OCP. The molecule has 0 aromatic carbocycles. The maximum atomic E-state index is 7.53. The van der Waals surface area contributed by atoms with Gasteiger partial charge in [0, 0.05) is 22.1 Å². The molecule has 0 aliphatic carbocycles. The number of nitrogens with one attached hydrogen (secondary N) is 2. The molecule has 0 saturated carbocycles. The van der Waals surface area contributed by atoms with E-state index in [0.29, 0.717) is 0 Å². The summed E-state index contributed by atoms with van der Waals surface area (Å²) in [7, 11) is 2.13. The molecule has 2 aliphatic heterocycles. The molecule has 0 saturated heterocycles. The molecule has 5 nitrogen and oxygen atoms in total. The summed E-state index contributed by atoms with van der Waals surface area (Å²) in [5.74, 6) is 0. The lowest BCUT2D eigenvalue weighted by Gasteiger charge is -1.85. The highest BCUT2D eigenvalue weighted by Crippen LogP contribution is 2.16. The molecule has 0 amide bonds. The first-order chi connectivity index (χ1) is 13.2. The van der Waals surface area contributed by atoms with Crippen LogP contribution in [0.3, 0.4) is 0 Å². The summed E-state index contributed by atoms with van der Waals surface area (Å²) < 4.78 is 0. The van der Waals surface area contributed by atoms with E-state index in [0.717, 1.165) is 44.8 Å². The fourth-order valence-corrected chi connectivity index (χ4v) is 2.94. The fourth-order valence-electron chi connectivity index (χ4n) is 2.94. The molecule has 0 spiro atoms. The van der Waals surface area contributed by atoms with Crippen LogP contribution >= 0.6 is 9.24 Å². The molecule has 1 atom stereocenters. The minimum atomic E-state index is 0.167. The second-order valence-electron chi connectivity index (χ2n) is 6.09. The topological polar surface area (TPSA) is 77.6 Å². The summed E-state index contributed by atoms with van der Waals surface area (Å²) in [6.45, 7) is 0. The molecule has 3 N–H and O–H groups in total. The first-order valence-electron chi connectivity index (χ1n) is 8.57. The van der Waals surface area contributed by atoms with Crippen molar-refractivity contribution in [2.45, 2.75) is 0 Å². The summed E-state index contributed by atoms with van der Waals surface area (Å²) in [4.78, 5) is 16.0. The van der Waals surface area contributed by atoms with Crippen LogP contribution in [-0.4, -0.2) is 31.4 Å². The molecule has 0 radical (unpaired) electrons. The van der Waals surface area contributed by atoms with Gasteiger partial charge in [-0.1, -0.05) is 0 Å². The Morgan fingerprint density at radius 3 is 1.15 bits per heavy atom. The van der Waals surface area contributed by atoms with Crippen LogP contribution in [0.4, 0.5) is 0 Å². The maximum Gasteiger partial charge on any atom is 0.0658 e. The van der Waals surface area contributed by atoms with Crippen LogP contribution in [0, 0.1) is 0 Å². The highest BCUT2D eigenvalue weighted by molar-refractivity contribution is 7.16. The lowest BCUT2D eigenvalue weighted by Crippen LogP contribution is -1.75. The smallest absolute Gasteiger partial charge is 0.0658 e. The van der Waals surface area contributed by atoms with E-state index in [9.17, 15) is 0 Å². The summed E-state index contributed by atoms with van der Waals surface area (Å²) in [5.41, 5.74) is 7.86. The predicted octanol–water partition coefficient (Wildman–Crippen LogP) is 4.47. The van der Waals surface area contributed by atoms with Crippen LogP contribution in [0.25, 0.3) is 46.4 Å². The van der Waals surface area contributed by atoms with Gasteiger partial charge < -0.3 is 15.1 Å². The van der Waals surface area contributed by atoms with Crippen molar-refractivity contribution in [3.8, 4) is 0 Å². The highest BCUT2D eigenvalue weighted by atomic mass is 31.0. The van der Waals surface area contributed by atoms with Crippen molar-refractivity contribution in [2.75, 3.05) is 6.35 Å². The fraction of sp³-hybridized carbons (Fsp3) is 0.0476. The van der Waals surface area contributed by atoms with Crippen LogP contribution in [0.15, 0.2) is 48.5 Å². The number of fused-ring (bicyclic) bond motifs is 8. The van der Waals surface area contributed by atoms with Gasteiger partial charge in [0.25, 0.3) is 0 Å². The molecule has 3 aromatic rings. The molecule has 6 heteroatoms. The van der Waals surface area contributed by atoms with Crippen molar-refractivity contribution < 1.29 is 5.11 Å². The first kappa shape index (κ1) is 17.4. The summed E-state index contributed by atoms with van der Waals surface area (Å²) in [6.07, 6.45) is 8.26. The molecule has 27 heavy (non-hydrogen) atoms. The molecule has 5 heterocycles. The van der Waals surface area contributed by atoms with Crippen molar-refractivity contribution in [1.29, 1.82) is 0 Å². The molecule has 8 bridgehead atoms. The van der Waals surface area contributed by atoms with Crippen LogP contribution in [-0.2, 0) is 0 Å². The molecular weight excluding hydrogens is 355 g/mol. The predicted molar refractivity (Wildman–Crippen MR) is 116 cm³/mol. The van der Waals surface area contributed by atoms with Crippen molar-refractivity contribution in [3.05, 3.63) is 71.3 Å². The van der Waals surface area contributed by atoms with Gasteiger partial charge in [0.1, 0.15) is 0 Å². The molecule has 3 aromatic heterocycles. The number of hydrogen-bond acceptors (Lipinski definition) is 3. The van der Waals surface area contributed by atoms with Gasteiger partial charge in [-0.3, -0.25) is 0 Å². The summed E-state index contributed by atoms with van der Waals surface area (Å²) in [5, 5.41) is 7.53. The maximum absolute atomic E-state index is 7.53. The van der Waals surface area contributed by atoms with Gasteiger partial charge in [0.05, 0.1) is 29.1 Å². The van der Waals surface area contributed by atoms with Crippen LogP contribution in [0.2, 0.25) is 0 Å². The number of aromatic amines is 2. The number of nitrogens with zero attached hydrogens (tertiary/aromatic N) is 2. The Balaban J connectivity index is 0.000000565. The van der Waals surface area contributed by atoms with E-state index in [4.69, 9.17) is 5.11 Å². The molecular formula is C21H19N4OP. The van der Waals surface area contributed by atoms with Gasteiger partial charge in [0.15, 0.2) is 0 Å². The Bertz CT molecular complexity index is 1010. The van der Waals surface area contributed by atoms with Gasteiger partial charge in [-0.2, -0.15) is 0 Å². The van der Waals surface area contributed by atoms with E-state index < -0.39 is 0 Å². The minimum absolute atomic E-state index is 0.167. The molecule has 0 fully saturated rings. The van der Waals surface area contributed by atoms with Crippen molar-refractivity contribution >= 4 is 55.6 Å². The molecule has 1 unspecified atom stereocenters. The van der Waals surface area contributed by atoms with Gasteiger partial charge in [0.2, 0.25) is 0 Å². The number of rotatable bonds is 0. The number of aliphatic hydroxyl groups is 1. The average molecular weight is 374 g/mol. The second-order valence-corrected chi connectivity index (χ2v) is 6.45. The largest absolute Gasteiger partial charge is 0.392 e. The van der Waals surface area contributed by atoms with Crippen molar-refractivity contribution in [2.24, 2.45) is 0 Å². The number of aromatic nitrogens is 4. The van der Waals surface area contributed by atoms with Gasteiger partial charge in [-0.05, 0) is 72.8 Å². The van der Waals surface area contributed by atoms with Crippen molar-refractivity contribution in [3.63, 3.8) is 0 Å². The third-order valence-electron chi connectivity index (χ3n) is 4.04. The normalized spacial score (nSPS) is 11.9. The van der Waals surface area contributed by atoms with E-state index in [-0.39, 0.29) is 6.35 Å². The Morgan fingerprint density at radius 2 is 0.889 bits per heavy atom. The lowest BCUT2D eigenvalue weighted by molar-refractivity contribution is 0.375. The highest BCUT2D eigenvalue weighted by Gasteiger charge is 2.01. The number of aliphatic hydroxyl groups excluding tert-OH is 1. The Kier molecular flexibility index (Phi) is 4.97. The summed E-state index contributed by atoms with van der Waals surface area (Å²) >= 11 is 0. The minimum Gasteiger partial charge on any atom is -0.392 e. The van der Waals surface area contributed by atoms with Crippen LogP contribution in [0.5, 0.6) is 0 Å². The molecule has 5 rings (SSSR count). The third kappa shape index (κ3) is 4.22. The van der Waals surface area contributed by atoms with Crippen LogP contribution in [0.1, 0.15) is 22.8 Å². The molecule has 2 aliphatic rings. The van der Waals surface area contributed by atoms with E-state index in [1.165, 1.54) is 0 Å². The summed E-state index contributed by atoms with van der Waals surface area (Å²) in [6, 6.07) is 16.4. The van der Waals surface area contributed by atoms with E-state index >= 15 is 0 Å². The van der Waals surface area contributed by atoms with E-state index in [1.807, 2.05) is 48.6 Å². The lowest BCUT2D eigenvalue weighted by atomic mass is 10.3. The zero-order chi connectivity index (χ0) is 18.6. The van der Waals surface area contributed by atoms with Crippen LogP contribution < -0.4 is 0 Å². The van der Waals surface area contributed by atoms with Gasteiger partial charge in [-0.25, -0.2) is 9.97 Å². The number of H-pyrrole nitrogens is 2. The Morgan fingerprint density at radius 1 is 0.630 bits per heavy atom. The number of hydrogen-bond donors (Lipinski definition) is 3. The Hall–Kier alpha value is -3.01. The monoisotopic (exact) mass is 374 g/mol. The Labute approximate surface area is 158 Å². The van der Waals surface area contributed by atoms with Gasteiger partial charge >= 0.3 is 0 Å². The first-order valence-corrected chi connectivity index (χ1v) is 9.39. The zero-order valence-corrected chi connectivity index (χ0v) is 15.7. The standard InChI is InChI=1S/C20H14N4.CH5OP/c1-2-14-10-16-5-6-18(23-16)12-20-8-7-19(24-20)11-17-4-3-15(22-17)9-13(1)21-14;2-1-3/h1-12,21,24H;2H,1,3H2. The third-order valence-corrected chi connectivity index (χ3v) is 4.04. The zero-order valence-electron chi connectivity index (χ0n) is 14.6. The average Bonchev–Trinajstić information content (AvgIpc) is 3.41. The van der Waals surface area contributed by atoms with E-state index in [1.54, 1.807) is 0 Å². The molecule has 134 valence electrons. The van der Waals surface area contributed by atoms with Gasteiger partial charge in [-0.15, -0.1) is 9.24 Å². The quantitative estimate of drug-likeness (QED) is 0.350. The second kappa shape index (κ2) is 7.70. The van der Waals surface area contributed by atoms with Crippen molar-refractivity contribution in [1.82, 2.24) is 19.9 Å².